The normalized spacial score (nSPS) is 11.2. The second-order valence-electron chi connectivity index (χ2n) is 7.80. The maximum absolute atomic E-state index is 13.0. The summed E-state index contributed by atoms with van der Waals surface area (Å²) < 4.78 is 1.94. The molecule has 4 rings (SSSR count). The molecule has 0 atom stereocenters. The number of carbonyl (C=O) groups excluding carboxylic acids is 1. The van der Waals surface area contributed by atoms with Crippen molar-refractivity contribution in [2.45, 2.75) is 20.3 Å². The molecule has 0 unspecified atom stereocenters. The average molecular weight is 407 g/mol. The summed E-state index contributed by atoms with van der Waals surface area (Å²) in [5.41, 5.74) is 8.32. The van der Waals surface area contributed by atoms with E-state index in [-0.39, 0.29) is 5.91 Å². The van der Waals surface area contributed by atoms with Crippen molar-refractivity contribution in [2.75, 3.05) is 5.43 Å². The van der Waals surface area contributed by atoms with E-state index >= 15 is 0 Å². The third-order valence-electron chi connectivity index (χ3n) is 5.35. The molecule has 0 saturated heterocycles. The number of nitrogens with one attached hydrogen (secondary N) is 1. The van der Waals surface area contributed by atoms with Crippen molar-refractivity contribution in [1.29, 1.82) is 0 Å². The van der Waals surface area contributed by atoms with E-state index in [1.54, 1.807) is 6.08 Å². The van der Waals surface area contributed by atoms with Crippen LogP contribution in [0, 0.1) is 0 Å². The highest BCUT2D eigenvalue weighted by molar-refractivity contribution is 6.08. The van der Waals surface area contributed by atoms with E-state index < -0.39 is 0 Å². The number of hydrogen-bond acceptors (Lipinski definition) is 1. The highest BCUT2D eigenvalue weighted by Crippen LogP contribution is 2.32. The number of allylic oxidation sites excluding steroid dienone is 5. The molecule has 3 heteroatoms. The summed E-state index contributed by atoms with van der Waals surface area (Å²) in [6.45, 7) is 7.96. The number of rotatable bonds is 6. The molecule has 0 bridgehead atoms. The molecule has 4 aromatic rings. The molecule has 0 spiro atoms. The molecule has 154 valence electrons. The molecule has 31 heavy (non-hydrogen) atoms. The van der Waals surface area contributed by atoms with Gasteiger partial charge in [-0.3, -0.25) is 14.9 Å². The van der Waals surface area contributed by atoms with Crippen molar-refractivity contribution >= 4 is 33.2 Å². The Bertz CT molecular complexity index is 1320. The zero-order valence-electron chi connectivity index (χ0n) is 17.9. The van der Waals surface area contributed by atoms with Gasteiger partial charge < -0.3 is 0 Å². The Balaban J connectivity index is 1.90. The van der Waals surface area contributed by atoms with Gasteiger partial charge in [0.2, 0.25) is 5.91 Å². The van der Waals surface area contributed by atoms with Gasteiger partial charge in [-0.25, -0.2) is 0 Å². The molecule has 1 amide bonds. The standard InChI is InChI=1S/C28H26N2O/c1-4-5-14-24(20(2)3)26-19-23-17-16-22-13-9-10-15-25(22)28(23)30(26)29-27(31)18-21-11-7-6-8-12-21/h4-17,19H,1,18H2,2-3H3,(H,29,31). The van der Waals surface area contributed by atoms with Crippen LogP contribution in [0.3, 0.4) is 0 Å². The van der Waals surface area contributed by atoms with Crippen LogP contribution in [0.2, 0.25) is 0 Å². The molecule has 0 saturated carbocycles. The van der Waals surface area contributed by atoms with Gasteiger partial charge in [0.1, 0.15) is 0 Å². The monoisotopic (exact) mass is 406 g/mol. The van der Waals surface area contributed by atoms with Gasteiger partial charge in [-0.15, -0.1) is 0 Å². The summed E-state index contributed by atoms with van der Waals surface area (Å²) in [5, 5.41) is 3.32. The summed E-state index contributed by atoms with van der Waals surface area (Å²) >= 11 is 0. The van der Waals surface area contributed by atoms with Crippen LogP contribution in [0.4, 0.5) is 0 Å². The molecule has 0 fully saturated rings. The molecule has 1 N–H and O–H groups in total. The minimum absolute atomic E-state index is 0.0568. The van der Waals surface area contributed by atoms with E-state index in [1.807, 2.05) is 59.3 Å². The Morgan fingerprint density at radius 3 is 2.42 bits per heavy atom. The highest BCUT2D eigenvalue weighted by Gasteiger charge is 2.17. The molecule has 0 aliphatic heterocycles. The van der Waals surface area contributed by atoms with Crippen LogP contribution in [0.25, 0.3) is 27.2 Å². The number of fused-ring (bicyclic) bond motifs is 3. The lowest BCUT2D eigenvalue weighted by Crippen LogP contribution is -2.25. The molecule has 1 heterocycles. The van der Waals surface area contributed by atoms with Crippen molar-refractivity contribution in [1.82, 2.24) is 4.68 Å². The van der Waals surface area contributed by atoms with Crippen LogP contribution in [0.15, 0.2) is 103 Å². The molecule has 3 aromatic carbocycles. The molecular weight excluding hydrogens is 380 g/mol. The number of benzene rings is 3. The van der Waals surface area contributed by atoms with Crippen LogP contribution in [0.1, 0.15) is 25.1 Å². The Labute approximate surface area is 183 Å². The summed E-state index contributed by atoms with van der Waals surface area (Å²) in [6, 6.07) is 24.4. The van der Waals surface area contributed by atoms with Gasteiger partial charge in [0, 0.05) is 10.8 Å². The van der Waals surface area contributed by atoms with Crippen molar-refractivity contribution in [2.24, 2.45) is 0 Å². The molecule has 1 aromatic heterocycles. The van der Waals surface area contributed by atoms with Crippen LogP contribution in [-0.4, -0.2) is 10.6 Å². The van der Waals surface area contributed by atoms with E-state index in [0.29, 0.717) is 6.42 Å². The maximum atomic E-state index is 13.0. The van der Waals surface area contributed by atoms with E-state index in [2.05, 4.69) is 56.2 Å². The maximum Gasteiger partial charge on any atom is 0.243 e. The molecule has 0 aliphatic rings. The van der Waals surface area contributed by atoms with Crippen LogP contribution >= 0.6 is 0 Å². The molecular formula is C28H26N2O. The Morgan fingerprint density at radius 2 is 1.68 bits per heavy atom. The second kappa shape index (κ2) is 8.88. The van der Waals surface area contributed by atoms with Gasteiger partial charge in [-0.1, -0.05) is 97.1 Å². The fraction of sp³-hybridized carbons (Fsp3) is 0.107. The lowest BCUT2D eigenvalue weighted by atomic mass is 10.1. The number of nitrogens with zero attached hydrogens (tertiary/aromatic N) is 1. The first kappa shape index (κ1) is 20.4. The van der Waals surface area contributed by atoms with Gasteiger partial charge >= 0.3 is 0 Å². The first-order valence-corrected chi connectivity index (χ1v) is 10.4. The van der Waals surface area contributed by atoms with E-state index in [9.17, 15) is 4.79 Å². The number of aromatic nitrogens is 1. The fourth-order valence-electron chi connectivity index (χ4n) is 3.90. The highest BCUT2D eigenvalue weighted by atomic mass is 16.2. The number of amides is 1. The third-order valence-corrected chi connectivity index (χ3v) is 5.35. The lowest BCUT2D eigenvalue weighted by molar-refractivity contribution is -0.116. The topological polar surface area (TPSA) is 34.0 Å². The summed E-state index contributed by atoms with van der Waals surface area (Å²) in [7, 11) is 0. The van der Waals surface area contributed by atoms with Crippen molar-refractivity contribution in [3.8, 4) is 0 Å². The van der Waals surface area contributed by atoms with Crippen LogP contribution < -0.4 is 5.43 Å². The molecule has 0 radical (unpaired) electrons. The third kappa shape index (κ3) is 4.22. The molecule has 0 aliphatic carbocycles. The second-order valence-corrected chi connectivity index (χ2v) is 7.80. The SMILES string of the molecule is C=CC=CC(=C(C)C)c1cc2ccc3ccccc3c2n1NC(=O)Cc1ccccc1. The van der Waals surface area contributed by atoms with E-state index in [4.69, 9.17) is 0 Å². The summed E-state index contributed by atoms with van der Waals surface area (Å²) in [4.78, 5) is 13.0. The van der Waals surface area contributed by atoms with Crippen molar-refractivity contribution in [3.63, 3.8) is 0 Å². The van der Waals surface area contributed by atoms with Crippen LogP contribution in [0.5, 0.6) is 0 Å². The first-order chi connectivity index (χ1) is 15.1. The predicted octanol–water partition coefficient (Wildman–Crippen LogP) is 6.64. The minimum atomic E-state index is -0.0568. The van der Waals surface area contributed by atoms with Gasteiger partial charge in [-0.05, 0) is 36.4 Å². The van der Waals surface area contributed by atoms with Gasteiger partial charge in [0.15, 0.2) is 0 Å². The largest absolute Gasteiger partial charge is 0.273 e. The van der Waals surface area contributed by atoms with Crippen molar-refractivity contribution < 1.29 is 4.79 Å². The summed E-state index contributed by atoms with van der Waals surface area (Å²) in [6.07, 6.45) is 6.05. The number of carbonyl (C=O) groups is 1. The lowest BCUT2D eigenvalue weighted by Gasteiger charge is -2.15. The Hall–Kier alpha value is -3.85. The van der Waals surface area contributed by atoms with Gasteiger partial charge in [0.25, 0.3) is 0 Å². The molecule has 3 nitrogen and oxygen atoms in total. The van der Waals surface area contributed by atoms with Crippen molar-refractivity contribution in [3.05, 3.63) is 114 Å². The average Bonchev–Trinajstić information content (AvgIpc) is 3.13. The van der Waals surface area contributed by atoms with Crippen LogP contribution in [-0.2, 0) is 11.2 Å². The predicted molar refractivity (Wildman–Crippen MR) is 132 cm³/mol. The number of hydrogen-bond donors (Lipinski definition) is 1. The Kier molecular flexibility index (Phi) is 5.85. The Morgan fingerprint density at radius 1 is 0.968 bits per heavy atom. The van der Waals surface area contributed by atoms with Gasteiger partial charge in [-0.2, -0.15) is 0 Å². The fourth-order valence-corrected chi connectivity index (χ4v) is 3.90. The van der Waals surface area contributed by atoms with E-state index in [0.717, 1.165) is 44.1 Å². The quantitative estimate of drug-likeness (QED) is 0.358. The summed E-state index contributed by atoms with van der Waals surface area (Å²) in [5.74, 6) is -0.0568. The van der Waals surface area contributed by atoms with E-state index in [1.165, 1.54) is 0 Å². The smallest absolute Gasteiger partial charge is 0.243 e. The zero-order chi connectivity index (χ0) is 21.8. The minimum Gasteiger partial charge on any atom is -0.273 e. The van der Waals surface area contributed by atoms with Gasteiger partial charge in [0.05, 0.1) is 17.6 Å². The zero-order valence-corrected chi connectivity index (χ0v) is 17.9. The first-order valence-electron chi connectivity index (χ1n) is 10.4.